The lowest BCUT2D eigenvalue weighted by Gasteiger charge is -1.99. The van der Waals surface area contributed by atoms with Crippen LogP contribution in [0.3, 0.4) is 0 Å². The van der Waals surface area contributed by atoms with Gasteiger partial charge in [0.2, 0.25) is 0 Å². The number of aromatic nitrogens is 4. The van der Waals surface area contributed by atoms with Crippen molar-refractivity contribution >= 4 is 22.6 Å². The highest BCUT2D eigenvalue weighted by Crippen LogP contribution is 2.18. The lowest BCUT2D eigenvalue weighted by molar-refractivity contribution is 0.102. The van der Waals surface area contributed by atoms with Crippen LogP contribution < -0.4 is 5.32 Å². The molecule has 20 heavy (non-hydrogen) atoms. The number of H-pyrrole nitrogens is 2. The van der Waals surface area contributed by atoms with Crippen molar-refractivity contribution in [3.63, 3.8) is 0 Å². The molecule has 102 valence electrons. The number of para-hydroxylation sites is 1. The number of amides is 1. The van der Waals surface area contributed by atoms with Crippen molar-refractivity contribution in [2.75, 3.05) is 5.32 Å². The highest BCUT2D eigenvalue weighted by molar-refractivity contribution is 6.10. The second-order valence-corrected chi connectivity index (χ2v) is 4.94. The number of anilines is 1. The van der Waals surface area contributed by atoms with E-state index in [1.54, 1.807) is 0 Å². The van der Waals surface area contributed by atoms with Gasteiger partial charge in [-0.2, -0.15) is 10.2 Å². The standard InChI is InChI=1S/C14H15N5O/c1-8(2)11-7-12(18-17-11)15-14(20)13-9-5-3-4-6-10(9)16-19-13/h3-8H,1-2H3,(H,16,19)(H2,15,17,18,20). The van der Waals surface area contributed by atoms with Crippen molar-refractivity contribution in [3.8, 4) is 0 Å². The van der Waals surface area contributed by atoms with Crippen LogP contribution >= 0.6 is 0 Å². The zero-order valence-corrected chi connectivity index (χ0v) is 11.3. The summed E-state index contributed by atoms with van der Waals surface area (Å²) in [5.74, 6) is 0.564. The first-order valence-corrected chi connectivity index (χ1v) is 6.45. The van der Waals surface area contributed by atoms with E-state index in [4.69, 9.17) is 0 Å². The van der Waals surface area contributed by atoms with Crippen LogP contribution in [0.5, 0.6) is 0 Å². The maximum atomic E-state index is 12.2. The Labute approximate surface area is 115 Å². The Morgan fingerprint density at radius 2 is 2.00 bits per heavy atom. The third-order valence-corrected chi connectivity index (χ3v) is 3.15. The van der Waals surface area contributed by atoms with Gasteiger partial charge in [0.15, 0.2) is 11.5 Å². The normalized spacial score (nSPS) is 11.2. The predicted molar refractivity (Wildman–Crippen MR) is 76.7 cm³/mol. The van der Waals surface area contributed by atoms with E-state index < -0.39 is 0 Å². The predicted octanol–water partition coefficient (Wildman–Crippen LogP) is 2.66. The van der Waals surface area contributed by atoms with Crippen molar-refractivity contribution in [2.24, 2.45) is 0 Å². The highest BCUT2D eigenvalue weighted by Gasteiger charge is 2.15. The van der Waals surface area contributed by atoms with Gasteiger partial charge in [-0.1, -0.05) is 32.0 Å². The fourth-order valence-electron chi connectivity index (χ4n) is 2.01. The summed E-state index contributed by atoms with van der Waals surface area (Å²) in [6, 6.07) is 9.34. The van der Waals surface area contributed by atoms with E-state index in [1.807, 2.05) is 30.3 Å². The van der Waals surface area contributed by atoms with Gasteiger partial charge in [-0.3, -0.25) is 15.0 Å². The van der Waals surface area contributed by atoms with Crippen molar-refractivity contribution < 1.29 is 4.79 Å². The zero-order valence-electron chi connectivity index (χ0n) is 11.3. The fraction of sp³-hybridized carbons (Fsp3) is 0.214. The van der Waals surface area contributed by atoms with E-state index >= 15 is 0 Å². The van der Waals surface area contributed by atoms with Gasteiger partial charge in [-0.25, -0.2) is 0 Å². The van der Waals surface area contributed by atoms with E-state index in [2.05, 4.69) is 39.6 Å². The van der Waals surface area contributed by atoms with E-state index in [9.17, 15) is 4.79 Å². The maximum absolute atomic E-state index is 12.2. The Bertz CT molecular complexity index is 756. The molecule has 0 saturated heterocycles. The highest BCUT2D eigenvalue weighted by atomic mass is 16.2. The van der Waals surface area contributed by atoms with Crippen LogP contribution in [0.15, 0.2) is 30.3 Å². The van der Waals surface area contributed by atoms with Crippen LogP contribution in [-0.4, -0.2) is 26.3 Å². The summed E-state index contributed by atoms with van der Waals surface area (Å²) in [6.45, 7) is 4.11. The van der Waals surface area contributed by atoms with Gasteiger partial charge >= 0.3 is 0 Å². The van der Waals surface area contributed by atoms with Crippen LogP contribution in [0.2, 0.25) is 0 Å². The molecule has 0 atom stereocenters. The molecule has 6 heteroatoms. The number of benzene rings is 1. The van der Waals surface area contributed by atoms with Gasteiger partial charge in [-0.05, 0) is 12.0 Å². The van der Waals surface area contributed by atoms with Gasteiger partial charge in [0.05, 0.1) is 5.52 Å². The molecule has 0 aliphatic heterocycles. The Balaban J connectivity index is 1.85. The number of hydrogen-bond acceptors (Lipinski definition) is 3. The lowest BCUT2D eigenvalue weighted by Crippen LogP contribution is -2.13. The van der Waals surface area contributed by atoms with E-state index in [0.717, 1.165) is 16.6 Å². The molecule has 0 fully saturated rings. The molecule has 2 heterocycles. The minimum Gasteiger partial charge on any atom is -0.304 e. The third kappa shape index (κ3) is 2.16. The molecule has 0 radical (unpaired) electrons. The molecule has 3 N–H and O–H groups in total. The molecule has 0 aliphatic carbocycles. The lowest BCUT2D eigenvalue weighted by atomic mass is 10.1. The number of carbonyl (C=O) groups is 1. The summed E-state index contributed by atoms with van der Waals surface area (Å²) < 4.78 is 0. The summed E-state index contributed by atoms with van der Waals surface area (Å²) in [7, 11) is 0. The maximum Gasteiger partial charge on any atom is 0.278 e. The first kappa shape index (κ1) is 12.4. The molecule has 1 aromatic carbocycles. The molecule has 3 rings (SSSR count). The SMILES string of the molecule is CC(C)c1cc(NC(=O)c2n[nH]c3ccccc23)n[nH]1. The molecule has 3 aromatic rings. The van der Waals surface area contributed by atoms with Gasteiger partial charge in [0.1, 0.15) is 0 Å². The molecule has 1 amide bonds. The average molecular weight is 269 g/mol. The van der Waals surface area contributed by atoms with Gasteiger partial charge in [-0.15, -0.1) is 0 Å². The smallest absolute Gasteiger partial charge is 0.278 e. The van der Waals surface area contributed by atoms with Gasteiger partial charge < -0.3 is 5.32 Å². The van der Waals surface area contributed by atoms with Gasteiger partial charge in [0.25, 0.3) is 5.91 Å². The minimum atomic E-state index is -0.274. The Kier molecular flexibility index (Phi) is 2.98. The molecule has 0 unspecified atom stereocenters. The molecular weight excluding hydrogens is 254 g/mol. The first-order valence-electron chi connectivity index (χ1n) is 6.45. The molecule has 2 aromatic heterocycles. The van der Waals surface area contributed by atoms with Crippen molar-refractivity contribution in [1.29, 1.82) is 0 Å². The number of hydrogen-bond donors (Lipinski definition) is 3. The van der Waals surface area contributed by atoms with E-state index in [1.165, 1.54) is 0 Å². The van der Waals surface area contributed by atoms with Crippen LogP contribution in [0, 0.1) is 0 Å². The van der Waals surface area contributed by atoms with Gasteiger partial charge in [0, 0.05) is 17.1 Å². The van der Waals surface area contributed by atoms with Crippen LogP contribution in [0.4, 0.5) is 5.82 Å². The summed E-state index contributed by atoms with van der Waals surface area (Å²) in [5, 5.41) is 17.4. The Morgan fingerprint density at radius 3 is 2.75 bits per heavy atom. The largest absolute Gasteiger partial charge is 0.304 e. The van der Waals surface area contributed by atoms with Crippen LogP contribution in [0.1, 0.15) is 35.9 Å². The number of nitrogens with one attached hydrogen (secondary N) is 3. The second kappa shape index (κ2) is 4.80. The molecule has 0 spiro atoms. The summed E-state index contributed by atoms with van der Waals surface area (Å²) >= 11 is 0. The van der Waals surface area contributed by atoms with Crippen molar-refractivity contribution in [1.82, 2.24) is 20.4 Å². The number of fused-ring (bicyclic) bond motifs is 1. The fourth-order valence-corrected chi connectivity index (χ4v) is 2.01. The van der Waals surface area contributed by atoms with Crippen molar-refractivity contribution in [2.45, 2.75) is 19.8 Å². The number of carbonyl (C=O) groups excluding carboxylic acids is 1. The second-order valence-electron chi connectivity index (χ2n) is 4.94. The summed E-state index contributed by atoms with van der Waals surface area (Å²) in [4.78, 5) is 12.2. The quantitative estimate of drug-likeness (QED) is 0.683. The Morgan fingerprint density at radius 1 is 1.20 bits per heavy atom. The number of nitrogens with zero attached hydrogens (tertiary/aromatic N) is 2. The zero-order chi connectivity index (χ0) is 14.1. The molecule has 0 saturated carbocycles. The first-order chi connectivity index (χ1) is 9.65. The van der Waals surface area contributed by atoms with Crippen LogP contribution in [0.25, 0.3) is 10.9 Å². The number of aromatic amines is 2. The summed E-state index contributed by atoms with van der Waals surface area (Å²) in [6.07, 6.45) is 0. The third-order valence-electron chi connectivity index (χ3n) is 3.15. The molecule has 6 nitrogen and oxygen atoms in total. The van der Waals surface area contributed by atoms with Crippen LogP contribution in [-0.2, 0) is 0 Å². The Hall–Kier alpha value is -2.63. The van der Waals surface area contributed by atoms with E-state index in [0.29, 0.717) is 17.4 Å². The van der Waals surface area contributed by atoms with Crippen molar-refractivity contribution in [3.05, 3.63) is 41.7 Å². The average Bonchev–Trinajstić information content (AvgIpc) is 3.04. The monoisotopic (exact) mass is 269 g/mol. The minimum absolute atomic E-state index is 0.274. The summed E-state index contributed by atoms with van der Waals surface area (Å²) in [5.41, 5.74) is 2.18. The molecule has 0 bridgehead atoms. The topological polar surface area (TPSA) is 86.5 Å². The van der Waals surface area contributed by atoms with E-state index in [-0.39, 0.29) is 5.91 Å². The molecule has 0 aliphatic rings. The number of rotatable bonds is 3. The molecular formula is C14H15N5O.